The van der Waals surface area contributed by atoms with Crippen molar-refractivity contribution in [2.75, 3.05) is 0 Å². The van der Waals surface area contributed by atoms with E-state index in [1.165, 1.54) is 12.1 Å². The lowest BCUT2D eigenvalue weighted by atomic mass is 10.1. The van der Waals surface area contributed by atoms with Crippen LogP contribution in [-0.2, 0) is 6.61 Å². The summed E-state index contributed by atoms with van der Waals surface area (Å²) < 4.78 is 23.9. The normalized spacial score (nSPS) is 12.7. The van der Waals surface area contributed by atoms with E-state index in [-0.39, 0.29) is 24.4 Å². The molecule has 0 amide bonds. The topological polar surface area (TPSA) is 74.2 Å². The van der Waals surface area contributed by atoms with E-state index < -0.39 is 0 Å². The molecule has 1 aromatic carbocycles. The molecule has 20 heavy (non-hydrogen) atoms. The number of rotatable bonds is 5. The largest absolute Gasteiger partial charge is 0.485 e. The molecule has 0 aliphatic heterocycles. The molecule has 2 rings (SSSR count). The quantitative estimate of drug-likeness (QED) is 0.910. The molecule has 0 bridgehead atoms. The van der Waals surface area contributed by atoms with Gasteiger partial charge in [0.2, 0.25) is 11.7 Å². The number of halogens is 1. The molecule has 1 aromatic heterocycles. The fourth-order valence-electron chi connectivity index (χ4n) is 1.71. The first kappa shape index (κ1) is 14.5. The average Bonchev–Trinajstić information content (AvgIpc) is 2.85. The van der Waals surface area contributed by atoms with Crippen LogP contribution in [0.2, 0.25) is 0 Å². The van der Waals surface area contributed by atoms with Gasteiger partial charge in [0.25, 0.3) is 0 Å². The smallest absolute Gasteiger partial charge is 0.229 e. The van der Waals surface area contributed by atoms with Crippen LogP contribution >= 0.6 is 0 Å². The van der Waals surface area contributed by atoms with Gasteiger partial charge in [-0.15, -0.1) is 0 Å². The predicted molar refractivity (Wildman–Crippen MR) is 71.7 cm³/mol. The highest BCUT2D eigenvalue weighted by Gasteiger charge is 2.13. The minimum Gasteiger partial charge on any atom is -0.485 e. The third-order valence-electron chi connectivity index (χ3n) is 2.80. The number of nitrogens with zero attached hydrogens (tertiary/aromatic N) is 2. The van der Waals surface area contributed by atoms with Crippen molar-refractivity contribution in [3.8, 4) is 5.75 Å². The van der Waals surface area contributed by atoms with E-state index in [2.05, 4.69) is 10.1 Å². The molecule has 2 N–H and O–H groups in total. The number of hydrogen-bond acceptors (Lipinski definition) is 5. The third kappa shape index (κ3) is 3.33. The van der Waals surface area contributed by atoms with E-state index in [1.54, 1.807) is 6.07 Å². The molecule has 0 aliphatic rings. The van der Waals surface area contributed by atoms with E-state index in [0.29, 0.717) is 17.5 Å². The maximum atomic E-state index is 13.3. The first-order valence-corrected chi connectivity index (χ1v) is 6.47. The Kier molecular flexibility index (Phi) is 4.34. The Labute approximate surface area is 116 Å². The molecule has 0 radical (unpaired) electrons. The molecule has 6 heteroatoms. The highest BCUT2D eigenvalue weighted by atomic mass is 19.1. The number of benzene rings is 1. The standard InChI is InChI=1S/C14H18FN3O2/c1-8(2)14-17-13(18-20-14)7-19-12-6-10(15)4-5-11(12)9(3)16/h4-6,8-9H,7,16H2,1-3H3. The van der Waals surface area contributed by atoms with Gasteiger partial charge < -0.3 is 15.0 Å². The summed E-state index contributed by atoms with van der Waals surface area (Å²) in [4.78, 5) is 4.19. The minimum atomic E-state index is -0.375. The van der Waals surface area contributed by atoms with Crippen LogP contribution in [0.4, 0.5) is 4.39 Å². The number of aromatic nitrogens is 2. The van der Waals surface area contributed by atoms with Gasteiger partial charge in [0, 0.05) is 23.6 Å². The molecule has 108 valence electrons. The average molecular weight is 279 g/mol. The lowest BCUT2D eigenvalue weighted by Gasteiger charge is -2.12. The van der Waals surface area contributed by atoms with Crippen molar-refractivity contribution >= 4 is 0 Å². The zero-order chi connectivity index (χ0) is 14.7. The van der Waals surface area contributed by atoms with Crippen molar-refractivity contribution in [1.82, 2.24) is 10.1 Å². The molecule has 5 nitrogen and oxygen atoms in total. The molecule has 1 atom stereocenters. The first-order valence-electron chi connectivity index (χ1n) is 6.47. The number of nitrogens with two attached hydrogens (primary N) is 1. The van der Waals surface area contributed by atoms with Crippen LogP contribution in [-0.4, -0.2) is 10.1 Å². The Morgan fingerprint density at radius 3 is 2.70 bits per heavy atom. The monoisotopic (exact) mass is 279 g/mol. The molecule has 0 spiro atoms. The molecule has 1 heterocycles. The molecule has 0 aliphatic carbocycles. The van der Waals surface area contributed by atoms with E-state index in [0.717, 1.165) is 5.56 Å². The predicted octanol–water partition coefficient (Wildman–Crippen LogP) is 2.93. The SMILES string of the molecule is CC(C)c1nc(COc2cc(F)ccc2C(C)N)no1. The Bertz CT molecular complexity index is 582. The maximum absolute atomic E-state index is 13.3. The lowest BCUT2D eigenvalue weighted by molar-refractivity contribution is 0.279. The Morgan fingerprint density at radius 2 is 2.10 bits per heavy atom. The van der Waals surface area contributed by atoms with Crippen molar-refractivity contribution < 1.29 is 13.7 Å². The van der Waals surface area contributed by atoms with Gasteiger partial charge in [-0.3, -0.25) is 0 Å². The van der Waals surface area contributed by atoms with Gasteiger partial charge in [0.15, 0.2) is 6.61 Å². The lowest BCUT2D eigenvalue weighted by Crippen LogP contribution is -2.09. The van der Waals surface area contributed by atoms with E-state index >= 15 is 0 Å². The van der Waals surface area contributed by atoms with Gasteiger partial charge >= 0.3 is 0 Å². The van der Waals surface area contributed by atoms with Gasteiger partial charge in [-0.25, -0.2) is 4.39 Å². The van der Waals surface area contributed by atoms with Crippen molar-refractivity contribution in [3.05, 3.63) is 41.3 Å². The molecule has 0 fully saturated rings. The Hall–Kier alpha value is -1.95. The summed E-state index contributed by atoms with van der Waals surface area (Å²) >= 11 is 0. The van der Waals surface area contributed by atoms with E-state index in [1.807, 2.05) is 20.8 Å². The highest BCUT2D eigenvalue weighted by Crippen LogP contribution is 2.25. The van der Waals surface area contributed by atoms with Gasteiger partial charge in [-0.05, 0) is 13.0 Å². The first-order chi connectivity index (χ1) is 9.47. The summed E-state index contributed by atoms with van der Waals surface area (Å²) in [6.07, 6.45) is 0. The van der Waals surface area contributed by atoms with Crippen LogP contribution in [0.5, 0.6) is 5.75 Å². The van der Waals surface area contributed by atoms with E-state index in [4.69, 9.17) is 15.0 Å². The van der Waals surface area contributed by atoms with Crippen LogP contribution in [0.3, 0.4) is 0 Å². The molecule has 2 aromatic rings. The van der Waals surface area contributed by atoms with Crippen LogP contribution in [0.15, 0.2) is 22.7 Å². The van der Waals surface area contributed by atoms with Gasteiger partial charge in [-0.2, -0.15) is 4.98 Å². The molecule has 0 saturated heterocycles. The highest BCUT2D eigenvalue weighted by molar-refractivity contribution is 5.36. The third-order valence-corrected chi connectivity index (χ3v) is 2.80. The summed E-state index contributed by atoms with van der Waals surface area (Å²) in [5.41, 5.74) is 6.56. The van der Waals surface area contributed by atoms with Crippen molar-refractivity contribution in [3.63, 3.8) is 0 Å². The summed E-state index contributed by atoms with van der Waals surface area (Å²) in [5.74, 6) is 1.16. The van der Waals surface area contributed by atoms with Gasteiger partial charge in [0.05, 0.1) is 0 Å². The van der Waals surface area contributed by atoms with E-state index in [9.17, 15) is 4.39 Å². The zero-order valence-corrected chi connectivity index (χ0v) is 11.8. The fraction of sp³-hybridized carbons (Fsp3) is 0.429. The molecule has 0 saturated carbocycles. The second-order valence-electron chi connectivity index (χ2n) is 4.96. The van der Waals surface area contributed by atoms with Crippen LogP contribution in [0.1, 0.15) is 50.0 Å². The Morgan fingerprint density at radius 1 is 1.35 bits per heavy atom. The van der Waals surface area contributed by atoms with Crippen molar-refractivity contribution in [2.24, 2.45) is 5.73 Å². The molecule has 1 unspecified atom stereocenters. The fourth-order valence-corrected chi connectivity index (χ4v) is 1.71. The Balaban J connectivity index is 2.11. The second kappa shape index (κ2) is 6.00. The summed E-state index contributed by atoms with van der Waals surface area (Å²) in [5, 5.41) is 3.81. The van der Waals surface area contributed by atoms with Gasteiger partial charge in [-0.1, -0.05) is 25.1 Å². The summed E-state index contributed by atoms with van der Waals surface area (Å²) in [6.45, 7) is 5.84. The van der Waals surface area contributed by atoms with Crippen LogP contribution in [0, 0.1) is 5.82 Å². The zero-order valence-electron chi connectivity index (χ0n) is 11.8. The van der Waals surface area contributed by atoms with Crippen LogP contribution < -0.4 is 10.5 Å². The molecular weight excluding hydrogens is 261 g/mol. The summed E-state index contributed by atoms with van der Waals surface area (Å²) in [7, 11) is 0. The van der Waals surface area contributed by atoms with Crippen LogP contribution in [0.25, 0.3) is 0 Å². The number of ether oxygens (including phenoxy) is 1. The maximum Gasteiger partial charge on any atom is 0.229 e. The molecular formula is C14H18FN3O2. The van der Waals surface area contributed by atoms with Crippen molar-refractivity contribution in [2.45, 2.75) is 39.3 Å². The summed E-state index contributed by atoms with van der Waals surface area (Å²) in [6, 6.07) is 4.03. The number of hydrogen-bond donors (Lipinski definition) is 1. The second-order valence-corrected chi connectivity index (χ2v) is 4.96. The van der Waals surface area contributed by atoms with Gasteiger partial charge in [0.1, 0.15) is 11.6 Å². The van der Waals surface area contributed by atoms with Crippen molar-refractivity contribution in [1.29, 1.82) is 0 Å². The minimum absolute atomic E-state index is 0.111.